The zero-order valence-corrected chi connectivity index (χ0v) is 15.5. The van der Waals surface area contributed by atoms with Gasteiger partial charge >= 0.3 is 17.1 Å². The van der Waals surface area contributed by atoms with E-state index in [-0.39, 0.29) is 23.5 Å². The van der Waals surface area contributed by atoms with Gasteiger partial charge in [-0.25, -0.2) is 0 Å². The van der Waals surface area contributed by atoms with Crippen LogP contribution in [0.3, 0.4) is 0 Å². The minimum absolute atomic E-state index is 0. The van der Waals surface area contributed by atoms with Crippen molar-refractivity contribution in [1.82, 2.24) is 0 Å². The molecule has 0 saturated carbocycles. The Bertz CT molecular complexity index is 385. The van der Waals surface area contributed by atoms with Crippen molar-refractivity contribution in [3.05, 3.63) is 13.8 Å². The molecule has 0 spiro atoms. The van der Waals surface area contributed by atoms with Crippen LogP contribution < -0.4 is 5.11 Å². The summed E-state index contributed by atoms with van der Waals surface area (Å²) in [4.78, 5) is 20.5. The molecule has 0 bridgehead atoms. The molecule has 27 heavy (non-hydrogen) atoms. The van der Waals surface area contributed by atoms with Crippen LogP contribution >= 0.6 is 0 Å². The SMILES string of the molecule is [CH2-][C@@H](C(=O)O)[C@@H](O)[C@H](O)[C@H](O)CC.[CH2-][C@@H](C(=O)[O-])[C@@H](O)[C@H](O)[C@H](O)CO.[Cu+2]. The quantitative estimate of drug-likeness (QED) is 0.117. The first kappa shape index (κ1) is 30.9. The first-order valence-corrected chi connectivity index (χ1v) is 7.62. The van der Waals surface area contributed by atoms with E-state index in [1.54, 1.807) is 6.92 Å². The van der Waals surface area contributed by atoms with Crippen LogP contribution in [-0.4, -0.2) is 96.0 Å². The first-order valence-electron chi connectivity index (χ1n) is 7.62. The van der Waals surface area contributed by atoms with Crippen molar-refractivity contribution >= 4 is 11.9 Å². The number of carboxylic acid groups (broad SMARTS) is 2. The predicted molar refractivity (Wildman–Crippen MR) is 83.8 cm³/mol. The molecular formula is C15H27CuO11-. The third kappa shape index (κ3) is 10.9. The van der Waals surface area contributed by atoms with E-state index in [1.165, 1.54) is 0 Å². The van der Waals surface area contributed by atoms with Gasteiger partial charge in [-0.05, 0) is 12.3 Å². The molecule has 165 valence electrons. The molecule has 8 atom stereocenters. The molecule has 0 aliphatic rings. The summed E-state index contributed by atoms with van der Waals surface area (Å²) in [7, 11) is 0. The number of hydrogen-bond donors (Lipinski definition) is 8. The van der Waals surface area contributed by atoms with Gasteiger partial charge in [0.25, 0.3) is 5.97 Å². The molecule has 0 saturated heterocycles. The summed E-state index contributed by atoms with van der Waals surface area (Å²) in [5.74, 6) is -5.85. The van der Waals surface area contributed by atoms with Gasteiger partial charge in [-0.15, -0.1) is 0 Å². The molecule has 0 aliphatic carbocycles. The van der Waals surface area contributed by atoms with E-state index in [9.17, 15) is 24.9 Å². The van der Waals surface area contributed by atoms with Gasteiger partial charge in [0.2, 0.25) is 0 Å². The molecule has 8 N–H and O–H groups in total. The zero-order valence-electron chi connectivity index (χ0n) is 14.6. The Kier molecular flexibility index (Phi) is 17.3. The maximum Gasteiger partial charge on any atom is 2.00 e. The first-order chi connectivity index (χ1) is 11.8. The van der Waals surface area contributed by atoms with E-state index in [0.29, 0.717) is 0 Å². The van der Waals surface area contributed by atoms with Gasteiger partial charge in [-0.2, -0.15) is 0 Å². The topological polar surface area (TPSA) is 219 Å². The van der Waals surface area contributed by atoms with E-state index >= 15 is 0 Å². The summed E-state index contributed by atoms with van der Waals surface area (Å²) in [5.41, 5.74) is 0. The van der Waals surface area contributed by atoms with Gasteiger partial charge in [-0.3, -0.25) is 4.79 Å². The number of aliphatic carboxylic acids is 2. The molecular weight excluding hydrogens is 420 g/mol. The number of rotatable bonds is 10. The Morgan fingerprint density at radius 1 is 0.852 bits per heavy atom. The van der Waals surface area contributed by atoms with E-state index in [0.717, 1.165) is 0 Å². The van der Waals surface area contributed by atoms with E-state index < -0.39 is 67.0 Å². The van der Waals surface area contributed by atoms with Gasteiger partial charge in [-0.1, -0.05) is 12.8 Å². The van der Waals surface area contributed by atoms with Gasteiger partial charge < -0.3 is 64.6 Å². The summed E-state index contributed by atoms with van der Waals surface area (Å²) in [6, 6.07) is 0. The van der Waals surface area contributed by atoms with Gasteiger partial charge in [0.05, 0.1) is 24.9 Å². The summed E-state index contributed by atoms with van der Waals surface area (Å²) >= 11 is 0. The Morgan fingerprint density at radius 2 is 1.22 bits per heavy atom. The van der Waals surface area contributed by atoms with Crippen molar-refractivity contribution in [1.29, 1.82) is 0 Å². The summed E-state index contributed by atoms with van der Waals surface area (Å²) in [5, 5.41) is 81.4. The Balaban J connectivity index is -0.000000411. The van der Waals surface area contributed by atoms with Crippen molar-refractivity contribution in [2.24, 2.45) is 11.8 Å². The van der Waals surface area contributed by atoms with Crippen LogP contribution in [0, 0.1) is 25.7 Å². The average Bonchev–Trinajstić information content (AvgIpc) is 2.62. The number of carbonyl (C=O) groups excluding carboxylic acids is 1. The maximum absolute atomic E-state index is 10.3. The molecule has 0 aromatic carbocycles. The second-order valence-electron chi connectivity index (χ2n) is 5.56. The van der Waals surface area contributed by atoms with Crippen molar-refractivity contribution < 1.29 is 72.6 Å². The van der Waals surface area contributed by atoms with E-state index in [1.807, 2.05) is 0 Å². The Labute approximate surface area is 167 Å². The molecule has 0 aromatic rings. The van der Waals surface area contributed by atoms with E-state index in [4.69, 9.17) is 30.6 Å². The third-order valence-electron chi connectivity index (χ3n) is 3.54. The van der Waals surface area contributed by atoms with Crippen LogP contribution in [0.15, 0.2) is 0 Å². The predicted octanol–water partition coefficient (Wildman–Crippen LogP) is -4.73. The molecule has 0 fully saturated rings. The summed E-state index contributed by atoms with van der Waals surface area (Å²) in [6.07, 6.45) is -9.03. The molecule has 0 heterocycles. The van der Waals surface area contributed by atoms with Gasteiger partial charge in [0.1, 0.15) is 18.3 Å². The number of hydrogen-bond acceptors (Lipinski definition) is 10. The summed E-state index contributed by atoms with van der Waals surface area (Å²) < 4.78 is 0. The molecule has 0 unspecified atom stereocenters. The molecule has 11 nitrogen and oxygen atoms in total. The number of aliphatic hydroxyl groups is 7. The van der Waals surface area contributed by atoms with E-state index in [2.05, 4.69) is 13.8 Å². The molecule has 0 aliphatic heterocycles. The number of carbonyl (C=O) groups is 2. The third-order valence-corrected chi connectivity index (χ3v) is 3.54. The van der Waals surface area contributed by atoms with Crippen LogP contribution in [0.2, 0.25) is 0 Å². The molecule has 1 radical (unpaired) electrons. The standard InChI is InChI=1S/C8H15O5.C7H13O6.Cu/c1-3-5(9)7(11)6(10)4(2)8(12)13;1-3(7(12)13)5(10)6(11)4(9)2-8;/h4-7,9-11H,2-3H2,1H3,(H,12,13);3-6,8-11H,1-2H2,(H,12,13);/q2*-1;+2/p-1/t4-,5-,6-,7-;3-,4-,5-,6-;/m11./s1. The van der Waals surface area contributed by atoms with Crippen LogP contribution in [-0.2, 0) is 26.7 Å². The van der Waals surface area contributed by atoms with Crippen molar-refractivity contribution in [2.45, 2.75) is 50.0 Å². The fourth-order valence-electron chi connectivity index (χ4n) is 1.57. The monoisotopic (exact) mass is 446 g/mol. The fraction of sp³-hybridized carbons (Fsp3) is 0.733. The number of aliphatic hydroxyl groups excluding tert-OH is 7. The van der Waals surface area contributed by atoms with Crippen LogP contribution in [0.4, 0.5) is 0 Å². The minimum Gasteiger partial charge on any atom is -0.553 e. The number of carboxylic acids is 2. The van der Waals surface area contributed by atoms with Gasteiger partial charge in [0, 0.05) is 5.97 Å². The summed E-state index contributed by atoms with van der Waals surface area (Å²) in [6.45, 7) is 7.00. The molecule has 12 heteroatoms. The van der Waals surface area contributed by atoms with Crippen LogP contribution in [0.25, 0.3) is 0 Å². The van der Waals surface area contributed by atoms with Crippen LogP contribution in [0.1, 0.15) is 13.3 Å². The minimum atomic E-state index is -1.77. The maximum atomic E-state index is 10.3. The average molecular weight is 447 g/mol. The van der Waals surface area contributed by atoms with Crippen molar-refractivity contribution in [2.75, 3.05) is 6.61 Å². The van der Waals surface area contributed by atoms with Crippen molar-refractivity contribution in [3.63, 3.8) is 0 Å². The Hall–Kier alpha value is -0.821. The Morgan fingerprint density at radius 3 is 1.52 bits per heavy atom. The zero-order chi connectivity index (χ0) is 21.2. The van der Waals surface area contributed by atoms with Gasteiger partial charge in [0.15, 0.2) is 0 Å². The molecule has 0 amide bonds. The van der Waals surface area contributed by atoms with Crippen LogP contribution in [0.5, 0.6) is 0 Å². The second-order valence-corrected chi connectivity index (χ2v) is 5.56. The smallest absolute Gasteiger partial charge is 0.553 e. The molecule has 0 rings (SSSR count). The normalized spacial score (nSPS) is 19.6. The second kappa shape index (κ2) is 15.1. The molecule has 0 aromatic heterocycles. The fourth-order valence-corrected chi connectivity index (χ4v) is 1.57. The van der Waals surface area contributed by atoms with Crippen molar-refractivity contribution in [3.8, 4) is 0 Å². The largest absolute Gasteiger partial charge is 2.00 e.